The Balaban J connectivity index is 2.11. The molecule has 20 heavy (non-hydrogen) atoms. The molecule has 0 saturated heterocycles. The van der Waals surface area contributed by atoms with E-state index in [9.17, 15) is 0 Å². The summed E-state index contributed by atoms with van der Waals surface area (Å²) in [5.41, 5.74) is 4.43. The Hall–Kier alpha value is -2.27. The van der Waals surface area contributed by atoms with Crippen molar-refractivity contribution >= 4 is 5.52 Å². The minimum absolute atomic E-state index is 0.0779. The van der Waals surface area contributed by atoms with E-state index in [1.165, 1.54) is 0 Å². The molecular formula is C15H17N5. The van der Waals surface area contributed by atoms with E-state index in [4.69, 9.17) is 0 Å². The lowest BCUT2D eigenvalue weighted by Gasteiger charge is -2.17. The van der Waals surface area contributed by atoms with Crippen LogP contribution in [0.25, 0.3) is 5.52 Å². The Morgan fingerprint density at radius 2 is 2.10 bits per heavy atom. The third kappa shape index (κ3) is 2.28. The van der Waals surface area contributed by atoms with Gasteiger partial charge in [0.1, 0.15) is 0 Å². The first kappa shape index (κ1) is 12.7. The molecule has 0 amide bonds. The fourth-order valence-corrected chi connectivity index (χ4v) is 2.42. The van der Waals surface area contributed by atoms with Gasteiger partial charge < -0.3 is 5.32 Å². The molecule has 0 saturated carbocycles. The van der Waals surface area contributed by atoms with E-state index >= 15 is 0 Å². The molecular weight excluding hydrogens is 250 g/mol. The van der Waals surface area contributed by atoms with Gasteiger partial charge in [-0.2, -0.15) is 5.10 Å². The highest BCUT2D eigenvalue weighted by Crippen LogP contribution is 2.25. The monoisotopic (exact) mass is 267 g/mol. The maximum absolute atomic E-state index is 4.39. The Labute approximate surface area is 117 Å². The van der Waals surface area contributed by atoms with Crippen LogP contribution >= 0.6 is 0 Å². The zero-order valence-electron chi connectivity index (χ0n) is 11.6. The van der Waals surface area contributed by atoms with Crippen LogP contribution in [0.1, 0.15) is 29.7 Å². The van der Waals surface area contributed by atoms with Crippen molar-refractivity contribution in [2.45, 2.75) is 19.9 Å². The molecule has 5 heteroatoms. The summed E-state index contributed by atoms with van der Waals surface area (Å²) in [6.45, 7) is 5.02. The third-order valence-electron chi connectivity index (χ3n) is 3.30. The molecule has 0 bridgehead atoms. The summed E-state index contributed by atoms with van der Waals surface area (Å²) in [4.78, 5) is 8.49. The topological polar surface area (TPSA) is 55.1 Å². The third-order valence-corrected chi connectivity index (χ3v) is 3.30. The second-order valence-corrected chi connectivity index (χ2v) is 4.79. The van der Waals surface area contributed by atoms with Crippen molar-refractivity contribution in [3.63, 3.8) is 0 Å². The van der Waals surface area contributed by atoms with Gasteiger partial charge in [-0.3, -0.25) is 9.97 Å². The molecule has 1 atom stereocenters. The minimum Gasteiger partial charge on any atom is -0.306 e. The molecule has 3 heterocycles. The molecule has 1 unspecified atom stereocenters. The number of fused-ring (bicyclic) bond motifs is 1. The Morgan fingerprint density at radius 1 is 1.20 bits per heavy atom. The van der Waals surface area contributed by atoms with Crippen molar-refractivity contribution in [2.24, 2.45) is 0 Å². The van der Waals surface area contributed by atoms with Crippen LogP contribution in [0.5, 0.6) is 0 Å². The summed E-state index contributed by atoms with van der Waals surface area (Å²) in [5, 5.41) is 7.89. The minimum atomic E-state index is 0.0779. The van der Waals surface area contributed by atoms with E-state index in [-0.39, 0.29) is 6.04 Å². The van der Waals surface area contributed by atoms with Gasteiger partial charge in [-0.25, -0.2) is 4.52 Å². The number of rotatable bonds is 4. The molecule has 0 spiro atoms. The molecule has 1 N–H and O–H groups in total. The van der Waals surface area contributed by atoms with Crippen LogP contribution in [0.3, 0.4) is 0 Å². The maximum Gasteiger partial charge on any atom is 0.0896 e. The van der Waals surface area contributed by atoms with Gasteiger partial charge in [0.2, 0.25) is 0 Å². The van der Waals surface area contributed by atoms with Gasteiger partial charge in [-0.1, -0.05) is 13.0 Å². The number of hydrogen-bond donors (Lipinski definition) is 1. The first-order valence-electron chi connectivity index (χ1n) is 6.71. The smallest absolute Gasteiger partial charge is 0.0896 e. The lowest BCUT2D eigenvalue weighted by molar-refractivity contribution is 0.631. The molecule has 0 aromatic carbocycles. The second kappa shape index (κ2) is 5.38. The molecule has 102 valence electrons. The van der Waals surface area contributed by atoms with E-state index in [2.05, 4.69) is 40.3 Å². The SMILES string of the molecule is CCNC(c1cncc(C)c1)c1cnn2ccncc12. The van der Waals surface area contributed by atoms with Crippen LogP contribution in [0.2, 0.25) is 0 Å². The number of aryl methyl sites for hydroxylation is 1. The van der Waals surface area contributed by atoms with Crippen molar-refractivity contribution in [2.75, 3.05) is 6.54 Å². The van der Waals surface area contributed by atoms with Crippen LogP contribution in [-0.2, 0) is 0 Å². The average Bonchev–Trinajstić information content (AvgIpc) is 2.88. The fourth-order valence-electron chi connectivity index (χ4n) is 2.42. The number of aromatic nitrogens is 4. The number of nitrogens with one attached hydrogen (secondary N) is 1. The summed E-state index contributed by atoms with van der Waals surface area (Å²) in [5.74, 6) is 0. The highest BCUT2D eigenvalue weighted by atomic mass is 15.2. The normalized spacial score (nSPS) is 12.7. The predicted molar refractivity (Wildman–Crippen MR) is 77.5 cm³/mol. The second-order valence-electron chi connectivity index (χ2n) is 4.79. The fraction of sp³-hybridized carbons (Fsp3) is 0.267. The molecule has 0 radical (unpaired) electrons. The Kier molecular flexibility index (Phi) is 3.43. The standard InChI is InChI=1S/C15H17N5/c1-3-18-15(12-6-11(2)7-17-8-12)13-9-19-20-5-4-16-10-14(13)20/h4-10,15,18H,3H2,1-2H3. The van der Waals surface area contributed by atoms with E-state index in [1.54, 1.807) is 6.20 Å². The molecule has 3 rings (SSSR count). The summed E-state index contributed by atoms with van der Waals surface area (Å²) >= 11 is 0. The molecule has 0 fully saturated rings. The summed E-state index contributed by atoms with van der Waals surface area (Å²) < 4.78 is 1.84. The Bertz CT molecular complexity index is 719. The largest absolute Gasteiger partial charge is 0.306 e. The van der Waals surface area contributed by atoms with Crippen LogP contribution < -0.4 is 5.32 Å². The summed E-state index contributed by atoms with van der Waals surface area (Å²) in [7, 11) is 0. The van der Waals surface area contributed by atoms with Crippen molar-refractivity contribution < 1.29 is 0 Å². The average molecular weight is 267 g/mol. The van der Waals surface area contributed by atoms with Crippen molar-refractivity contribution in [1.29, 1.82) is 0 Å². The quantitative estimate of drug-likeness (QED) is 0.787. The number of nitrogens with zero attached hydrogens (tertiary/aromatic N) is 4. The van der Waals surface area contributed by atoms with E-state index in [1.807, 2.05) is 35.5 Å². The van der Waals surface area contributed by atoms with Gasteiger partial charge >= 0.3 is 0 Å². The van der Waals surface area contributed by atoms with Gasteiger partial charge in [0.15, 0.2) is 0 Å². The predicted octanol–water partition coefficient (Wildman–Crippen LogP) is 2.13. The summed E-state index contributed by atoms with van der Waals surface area (Å²) in [6.07, 6.45) is 11.1. The molecule has 0 aliphatic carbocycles. The van der Waals surface area contributed by atoms with Crippen LogP contribution in [-0.4, -0.2) is 26.1 Å². The molecule has 3 aromatic heterocycles. The van der Waals surface area contributed by atoms with Crippen LogP contribution in [0.4, 0.5) is 0 Å². The van der Waals surface area contributed by atoms with Crippen molar-refractivity contribution in [3.8, 4) is 0 Å². The highest BCUT2D eigenvalue weighted by molar-refractivity contribution is 5.55. The molecule has 0 aliphatic rings. The van der Waals surface area contributed by atoms with Gasteiger partial charge in [-0.05, 0) is 24.6 Å². The first-order valence-corrected chi connectivity index (χ1v) is 6.71. The van der Waals surface area contributed by atoms with E-state index in [0.717, 1.165) is 28.8 Å². The lowest BCUT2D eigenvalue weighted by Crippen LogP contribution is -2.22. The number of hydrogen-bond acceptors (Lipinski definition) is 4. The van der Waals surface area contributed by atoms with Gasteiger partial charge in [0.05, 0.1) is 24.0 Å². The zero-order valence-corrected chi connectivity index (χ0v) is 11.6. The van der Waals surface area contributed by atoms with Crippen molar-refractivity contribution in [1.82, 2.24) is 24.9 Å². The molecule has 0 aliphatic heterocycles. The zero-order chi connectivity index (χ0) is 13.9. The highest BCUT2D eigenvalue weighted by Gasteiger charge is 2.18. The lowest BCUT2D eigenvalue weighted by atomic mass is 10.0. The maximum atomic E-state index is 4.39. The van der Waals surface area contributed by atoms with Crippen LogP contribution in [0.15, 0.2) is 43.2 Å². The van der Waals surface area contributed by atoms with Crippen LogP contribution in [0, 0.1) is 6.92 Å². The molecule has 5 nitrogen and oxygen atoms in total. The van der Waals surface area contributed by atoms with Gasteiger partial charge in [0, 0.05) is 30.4 Å². The first-order chi connectivity index (χ1) is 9.79. The van der Waals surface area contributed by atoms with E-state index in [0.29, 0.717) is 0 Å². The van der Waals surface area contributed by atoms with Gasteiger partial charge in [0.25, 0.3) is 0 Å². The number of pyridine rings is 1. The van der Waals surface area contributed by atoms with E-state index < -0.39 is 0 Å². The van der Waals surface area contributed by atoms with Gasteiger partial charge in [-0.15, -0.1) is 0 Å². The summed E-state index contributed by atoms with van der Waals surface area (Å²) in [6, 6.07) is 2.23. The molecule has 3 aromatic rings. The Morgan fingerprint density at radius 3 is 2.90 bits per heavy atom. The van der Waals surface area contributed by atoms with Crippen molar-refractivity contribution in [3.05, 3.63) is 59.9 Å².